The van der Waals surface area contributed by atoms with Gasteiger partial charge in [0.1, 0.15) is 5.78 Å². The molecule has 1 heterocycles. The fourth-order valence-electron chi connectivity index (χ4n) is 1.26. The zero-order chi connectivity index (χ0) is 9.68. The van der Waals surface area contributed by atoms with Gasteiger partial charge in [0.25, 0.3) is 0 Å². The lowest BCUT2D eigenvalue weighted by Crippen LogP contribution is -2.33. The summed E-state index contributed by atoms with van der Waals surface area (Å²) in [6.07, 6.45) is 1.55. The molecule has 1 aliphatic heterocycles. The van der Waals surface area contributed by atoms with E-state index in [2.05, 4.69) is 0 Å². The molecule has 1 aliphatic rings. The Balaban J connectivity index is 2.36. The van der Waals surface area contributed by atoms with Gasteiger partial charge in [0.2, 0.25) is 5.91 Å². The molecule has 0 aromatic rings. The van der Waals surface area contributed by atoms with Gasteiger partial charge in [-0.1, -0.05) is 0 Å². The van der Waals surface area contributed by atoms with Gasteiger partial charge in [0.15, 0.2) is 0 Å². The molecule has 1 amide bonds. The molecule has 1 saturated heterocycles. The number of rotatable bonds is 3. The molecule has 0 aliphatic carbocycles. The van der Waals surface area contributed by atoms with E-state index in [1.54, 1.807) is 23.6 Å². The molecule has 0 saturated carbocycles. The molecule has 0 unspecified atom stereocenters. The van der Waals surface area contributed by atoms with Crippen LogP contribution in [0.1, 0.15) is 19.8 Å². The Labute approximate surface area is 82.9 Å². The summed E-state index contributed by atoms with van der Waals surface area (Å²) in [4.78, 5) is 24.0. The number of hydrogen-bond donors (Lipinski definition) is 0. The van der Waals surface area contributed by atoms with Crippen LogP contribution in [-0.2, 0) is 9.59 Å². The Morgan fingerprint density at radius 2 is 2.38 bits per heavy atom. The lowest BCUT2D eigenvalue weighted by Gasteiger charge is -2.18. The minimum Gasteiger partial charge on any atom is -0.342 e. The maximum Gasteiger partial charge on any atom is 0.232 e. The van der Waals surface area contributed by atoms with Crippen molar-refractivity contribution in [3.63, 3.8) is 0 Å². The number of amides is 1. The van der Waals surface area contributed by atoms with Crippen molar-refractivity contribution in [3.8, 4) is 0 Å². The first-order chi connectivity index (χ1) is 6.20. The molecular formula is C9H15NO2S. The molecule has 0 bridgehead atoms. The lowest BCUT2D eigenvalue weighted by molar-refractivity contribution is -0.128. The first-order valence-electron chi connectivity index (χ1n) is 4.55. The summed E-state index contributed by atoms with van der Waals surface area (Å²) in [5.41, 5.74) is 0. The second kappa shape index (κ2) is 5.27. The van der Waals surface area contributed by atoms with Crippen molar-refractivity contribution in [2.24, 2.45) is 0 Å². The monoisotopic (exact) mass is 201 g/mol. The van der Waals surface area contributed by atoms with Crippen molar-refractivity contribution in [3.05, 3.63) is 0 Å². The number of carbonyl (C=O) groups is 2. The van der Waals surface area contributed by atoms with Gasteiger partial charge in [-0.2, -0.15) is 11.8 Å². The predicted octanol–water partition coefficient (Wildman–Crippen LogP) is 0.931. The average Bonchev–Trinajstić information content (AvgIpc) is 2.27. The topological polar surface area (TPSA) is 37.4 Å². The molecule has 13 heavy (non-hydrogen) atoms. The third-order valence-electron chi connectivity index (χ3n) is 2.03. The summed E-state index contributed by atoms with van der Waals surface area (Å²) in [7, 11) is 0. The molecule has 74 valence electrons. The molecule has 1 fully saturated rings. The lowest BCUT2D eigenvalue weighted by atomic mass is 10.3. The number of Topliss-reactive ketones (excluding diaryl/α,β-unsaturated/α-hetero) is 1. The Morgan fingerprint density at radius 3 is 3.08 bits per heavy atom. The van der Waals surface area contributed by atoms with Crippen LogP contribution in [0.25, 0.3) is 0 Å². The quantitative estimate of drug-likeness (QED) is 0.681. The van der Waals surface area contributed by atoms with E-state index >= 15 is 0 Å². The molecule has 3 nitrogen and oxygen atoms in total. The van der Waals surface area contributed by atoms with Crippen molar-refractivity contribution >= 4 is 23.5 Å². The van der Waals surface area contributed by atoms with Crippen molar-refractivity contribution in [2.75, 3.05) is 24.6 Å². The summed E-state index contributed by atoms with van der Waals surface area (Å²) in [6.45, 7) is 2.99. The van der Waals surface area contributed by atoms with Gasteiger partial charge in [-0.05, 0) is 19.1 Å². The fraction of sp³-hybridized carbons (Fsp3) is 0.778. The SMILES string of the molecule is CC(=O)CCN1CCCSCC1=O. The van der Waals surface area contributed by atoms with Gasteiger partial charge in [0, 0.05) is 19.5 Å². The maximum atomic E-state index is 11.4. The van der Waals surface area contributed by atoms with Crippen LogP contribution in [0.15, 0.2) is 0 Å². The summed E-state index contributed by atoms with van der Waals surface area (Å²) in [6, 6.07) is 0. The zero-order valence-corrected chi connectivity index (χ0v) is 8.73. The number of ketones is 1. The van der Waals surface area contributed by atoms with Crippen molar-refractivity contribution in [1.82, 2.24) is 4.90 Å². The third kappa shape index (κ3) is 3.81. The van der Waals surface area contributed by atoms with E-state index in [4.69, 9.17) is 0 Å². The van der Waals surface area contributed by atoms with E-state index in [9.17, 15) is 9.59 Å². The van der Waals surface area contributed by atoms with E-state index < -0.39 is 0 Å². The molecule has 0 aromatic carbocycles. The van der Waals surface area contributed by atoms with Gasteiger partial charge in [-0.15, -0.1) is 0 Å². The molecule has 0 aromatic heterocycles. The Bertz CT molecular complexity index is 206. The summed E-state index contributed by atoms with van der Waals surface area (Å²) in [5.74, 6) is 1.98. The second-order valence-corrected chi connectivity index (χ2v) is 4.34. The highest BCUT2D eigenvalue weighted by molar-refractivity contribution is 7.99. The van der Waals surface area contributed by atoms with Gasteiger partial charge in [0.05, 0.1) is 5.75 Å². The fourth-order valence-corrected chi connectivity index (χ4v) is 2.10. The first kappa shape index (κ1) is 10.6. The zero-order valence-electron chi connectivity index (χ0n) is 7.91. The van der Waals surface area contributed by atoms with Gasteiger partial charge < -0.3 is 4.90 Å². The Morgan fingerprint density at radius 1 is 1.62 bits per heavy atom. The highest BCUT2D eigenvalue weighted by Gasteiger charge is 2.16. The Kier molecular flexibility index (Phi) is 4.28. The van der Waals surface area contributed by atoms with Crippen LogP contribution in [0.4, 0.5) is 0 Å². The van der Waals surface area contributed by atoms with Crippen LogP contribution in [0.2, 0.25) is 0 Å². The highest BCUT2D eigenvalue weighted by atomic mass is 32.2. The van der Waals surface area contributed by atoms with E-state index in [0.29, 0.717) is 18.7 Å². The van der Waals surface area contributed by atoms with Crippen LogP contribution < -0.4 is 0 Å². The molecule has 0 atom stereocenters. The molecule has 1 rings (SSSR count). The minimum absolute atomic E-state index is 0.157. The molecule has 0 N–H and O–H groups in total. The van der Waals surface area contributed by atoms with Crippen LogP contribution in [0.5, 0.6) is 0 Å². The molecule has 0 radical (unpaired) electrons. The Hall–Kier alpha value is -0.510. The first-order valence-corrected chi connectivity index (χ1v) is 5.70. The average molecular weight is 201 g/mol. The summed E-state index contributed by atoms with van der Waals surface area (Å²) < 4.78 is 0. The second-order valence-electron chi connectivity index (χ2n) is 3.24. The number of carbonyl (C=O) groups excluding carboxylic acids is 2. The molecular weight excluding hydrogens is 186 g/mol. The van der Waals surface area contributed by atoms with Crippen molar-refractivity contribution in [2.45, 2.75) is 19.8 Å². The van der Waals surface area contributed by atoms with E-state index in [-0.39, 0.29) is 11.7 Å². The highest BCUT2D eigenvalue weighted by Crippen LogP contribution is 2.11. The van der Waals surface area contributed by atoms with Crippen molar-refractivity contribution in [1.29, 1.82) is 0 Å². The molecule has 0 spiro atoms. The van der Waals surface area contributed by atoms with Gasteiger partial charge >= 0.3 is 0 Å². The predicted molar refractivity (Wildman–Crippen MR) is 53.8 cm³/mol. The van der Waals surface area contributed by atoms with E-state index in [1.165, 1.54) is 0 Å². The number of thioether (sulfide) groups is 1. The summed E-state index contributed by atoms with van der Waals surface area (Å²) >= 11 is 1.69. The van der Waals surface area contributed by atoms with E-state index in [1.807, 2.05) is 0 Å². The standard InChI is InChI=1S/C9H15NO2S/c1-8(11)3-5-10-4-2-6-13-7-9(10)12/h2-7H2,1H3. The normalized spacial score (nSPS) is 18.5. The third-order valence-corrected chi connectivity index (χ3v) is 3.06. The van der Waals surface area contributed by atoms with Crippen LogP contribution in [0, 0.1) is 0 Å². The van der Waals surface area contributed by atoms with Crippen LogP contribution in [0.3, 0.4) is 0 Å². The van der Waals surface area contributed by atoms with Crippen LogP contribution in [-0.4, -0.2) is 41.2 Å². The van der Waals surface area contributed by atoms with Crippen molar-refractivity contribution < 1.29 is 9.59 Å². The number of hydrogen-bond acceptors (Lipinski definition) is 3. The number of nitrogens with zero attached hydrogens (tertiary/aromatic N) is 1. The summed E-state index contributed by atoms with van der Waals surface area (Å²) in [5, 5.41) is 0. The maximum absolute atomic E-state index is 11.4. The molecule has 4 heteroatoms. The van der Waals surface area contributed by atoms with Gasteiger partial charge in [-0.25, -0.2) is 0 Å². The minimum atomic E-state index is 0.157. The smallest absolute Gasteiger partial charge is 0.232 e. The van der Waals surface area contributed by atoms with E-state index in [0.717, 1.165) is 18.7 Å². The largest absolute Gasteiger partial charge is 0.342 e. The van der Waals surface area contributed by atoms with Crippen LogP contribution >= 0.6 is 11.8 Å². The van der Waals surface area contributed by atoms with Gasteiger partial charge in [-0.3, -0.25) is 9.59 Å².